The van der Waals surface area contributed by atoms with Crippen molar-refractivity contribution in [2.75, 3.05) is 27.2 Å². The molecule has 0 aliphatic carbocycles. The van der Waals surface area contributed by atoms with Gasteiger partial charge in [0.1, 0.15) is 11.5 Å². The van der Waals surface area contributed by atoms with Crippen molar-refractivity contribution in [2.45, 2.75) is 26.0 Å². The van der Waals surface area contributed by atoms with E-state index in [0.717, 1.165) is 4.47 Å². The number of carbonyl (C=O) groups is 2. The number of Topliss-reactive ketones (excluding diaryl/α,β-unsaturated/α-hetero) is 1. The summed E-state index contributed by atoms with van der Waals surface area (Å²) in [6, 6.07) is 13.6. The van der Waals surface area contributed by atoms with Crippen molar-refractivity contribution in [1.29, 1.82) is 0 Å². The fourth-order valence-electron chi connectivity index (χ4n) is 3.57. The number of rotatable bonds is 7. The average Bonchev–Trinajstić information content (AvgIpc) is 2.96. The Morgan fingerprint density at radius 1 is 1.13 bits per heavy atom. The van der Waals surface area contributed by atoms with E-state index < -0.39 is 17.7 Å². The summed E-state index contributed by atoms with van der Waals surface area (Å²) >= 11 is 3.38. The molecule has 1 fully saturated rings. The van der Waals surface area contributed by atoms with Gasteiger partial charge in [0, 0.05) is 28.7 Å². The van der Waals surface area contributed by atoms with Gasteiger partial charge in [-0.2, -0.15) is 0 Å². The monoisotopic (exact) mass is 486 g/mol. The van der Waals surface area contributed by atoms with Gasteiger partial charge in [0.05, 0.1) is 17.7 Å². The maximum Gasteiger partial charge on any atom is 0.295 e. The minimum Gasteiger partial charge on any atom is -0.507 e. The fraction of sp³-hybridized carbons (Fsp3) is 0.333. The van der Waals surface area contributed by atoms with Crippen LogP contribution in [0, 0.1) is 0 Å². The number of amides is 1. The van der Waals surface area contributed by atoms with E-state index in [2.05, 4.69) is 15.9 Å². The van der Waals surface area contributed by atoms with Crippen LogP contribution in [0.15, 0.2) is 58.6 Å². The highest BCUT2D eigenvalue weighted by atomic mass is 79.9. The van der Waals surface area contributed by atoms with E-state index in [1.165, 1.54) is 4.90 Å². The zero-order valence-electron chi connectivity index (χ0n) is 18.1. The normalized spacial score (nSPS) is 18.3. The number of ether oxygens (including phenoxy) is 1. The minimum absolute atomic E-state index is 0.0749. The number of hydrogen-bond acceptors (Lipinski definition) is 5. The summed E-state index contributed by atoms with van der Waals surface area (Å²) < 4.78 is 6.83. The highest BCUT2D eigenvalue weighted by Crippen LogP contribution is 2.42. The molecule has 3 rings (SSSR count). The predicted molar refractivity (Wildman–Crippen MR) is 124 cm³/mol. The van der Waals surface area contributed by atoms with Crippen LogP contribution in [0.1, 0.15) is 31.0 Å². The molecule has 0 aromatic heterocycles. The second-order valence-corrected chi connectivity index (χ2v) is 8.92. The third-order valence-corrected chi connectivity index (χ3v) is 5.55. The Balaban J connectivity index is 2.19. The summed E-state index contributed by atoms with van der Waals surface area (Å²) in [6.45, 7) is 4.76. The molecule has 2 aromatic carbocycles. The summed E-state index contributed by atoms with van der Waals surface area (Å²) in [6.07, 6.45) is -0.0864. The van der Waals surface area contributed by atoms with E-state index in [1.54, 1.807) is 24.3 Å². The van der Waals surface area contributed by atoms with Crippen molar-refractivity contribution in [3.63, 3.8) is 0 Å². The first-order valence-corrected chi connectivity index (χ1v) is 10.9. The molecule has 31 heavy (non-hydrogen) atoms. The quantitative estimate of drug-likeness (QED) is 0.360. The summed E-state index contributed by atoms with van der Waals surface area (Å²) in [5, 5.41) is 11.1. The molecular formula is C24H27BrN2O4. The summed E-state index contributed by atoms with van der Waals surface area (Å²) in [5.74, 6) is -0.920. The number of aliphatic hydroxyl groups is 1. The van der Waals surface area contributed by atoms with Crippen LogP contribution in [0.2, 0.25) is 0 Å². The van der Waals surface area contributed by atoms with Crippen LogP contribution in [0.4, 0.5) is 0 Å². The number of para-hydroxylation sites is 1. The molecule has 7 heteroatoms. The molecule has 2 aromatic rings. The second kappa shape index (κ2) is 9.66. The summed E-state index contributed by atoms with van der Waals surface area (Å²) in [5.41, 5.74) is 1.22. The Morgan fingerprint density at radius 3 is 2.39 bits per heavy atom. The Labute approximate surface area is 191 Å². The van der Waals surface area contributed by atoms with E-state index in [0.29, 0.717) is 30.0 Å². The third-order valence-electron chi connectivity index (χ3n) is 5.02. The van der Waals surface area contributed by atoms with E-state index >= 15 is 0 Å². The molecule has 1 aliphatic rings. The molecule has 1 amide bonds. The van der Waals surface area contributed by atoms with Crippen molar-refractivity contribution < 1.29 is 19.4 Å². The van der Waals surface area contributed by atoms with Gasteiger partial charge in [-0.1, -0.05) is 46.3 Å². The number of halogens is 1. The molecule has 1 N–H and O–H groups in total. The molecule has 0 radical (unpaired) electrons. The van der Waals surface area contributed by atoms with Crippen LogP contribution in [0.25, 0.3) is 5.76 Å². The second-order valence-electron chi connectivity index (χ2n) is 8.01. The van der Waals surface area contributed by atoms with Crippen molar-refractivity contribution in [1.82, 2.24) is 9.80 Å². The lowest BCUT2D eigenvalue weighted by Gasteiger charge is -2.28. The molecule has 6 nitrogen and oxygen atoms in total. The molecule has 164 valence electrons. The Kier molecular flexibility index (Phi) is 7.18. The maximum atomic E-state index is 13.1. The summed E-state index contributed by atoms with van der Waals surface area (Å²) in [7, 11) is 3.81. The van der Waals surface area contributed by atoms with Crippen LogP contribution < -0.4 is 4.74 Å². The zero-order valence-corrected chi connectivity index (χ0v) is 19.7. The SMILES string of the molecule is CC(C)Oc1ccccc1C1/C(=C(/O)c2ccc(Br)cc2)C(=O)C(=O)N1CCN(C)C. The van der Waals surface area contributed by atoms with Gasteiger partial charge in [-0.3, -0.25) is 9.59 Å². The third kappa shape index (κ3) is 4.99. The van der Waals surface area contributed by atoms with Crippen molar-refractivity contribution in [3.8, 4) is 5.75 Å². The van der Waals surface area contributed by atoms with Gasteiger partial charge in [0.15, 0.2) is 0 Å². The first-order chi connectivity index (χ1) is 14.7. The number of ketones is 1. The lowest BCUT2D eigenvalue weighted by molar-refractivity contribution is -0.140. The van der Waals surface area contributed by atoms with Gasteiger partial charge in [-0.15, -0.1) is 0 Å². The number of aliphatic hydroxyl groups excluding tert-OH is 1. The largest absolute Gasteiger partial charge is 0.507 e. The zero-order chi connectivity index (χ0) is 22.7. The standard InChI is InChI=1S/C24H27BrN2O4/c1-15(2)31-19-8-6-5-7-18(19)21-20(22(28)16-9-11-17(25)12-10-16)23(29)24(30)27(21)14-13-26(3)4/h5-12,15,21,28H,13-14H2,1-4H3/b22-20-. The van der Waals surface area contributed by atoms with Gasteiger partial charge in [0.25, 0.3) is 11.7 Å². The molecule has 1 heterocycles. The van der Waals surface area contributed by atoms with Gasteiger partial charge in [0.2, 0.25) is 0 Å². The highest BCUT2D eigenvalue weighted by molar-refractivity contribution is 9.10. The van der Waals surface area contributed by atoms with E-state index in [4.69, 9.17) is 4.74 Å². The van der Waals surface area contributed by atoms with Crippen molar-refractivity contribution >= 4 is 33.4 Å². The molecule has 1 aliphatic heterocycles. The van der Waals surface area contributed by atoms with E-state index in [-0.39, 0.29) is 17.4 Å². The van der Waals surface area contributed by atoms with Gasteiger partial charge in [-0.05, 0) is 46.1 Å². The Bertz CT molecular complexity index is 999. The van der Waals surface area contributed by atoms with Crippen molar-refractivity contribution in [2.24, 2.45) is 0 Å². The summed E-state index contributed by atoms with van der Waals surface area (Å²) in [4.78, 5) is 29.6. The number of hydrogen-bond donors (Lipinski definition) is 1. The van der Waals surface area contributed by atoms with Crippen LogP contribution >= 0.6 is 15.9 Å². The number of nitrogens with zero attached hydrogens (tertiary/aromatic N) is 2. The molecule has 1 atom stereocenters. The maximum absolute atomic E-state index is 13.1. The lowest BCUT2D eigenvalue weighted by atomic mass is 9.94. The van der Waals surface area contributed by atoms with Crippen LogP contribution in [0.3, 0.4) is 0 Å². The predicted octanol–water partition coefficient (Wildman–Crippen LogP) is 4.22. The first-order valence-electron chi connectivity index (χ1n) is 10.2. The number of likely N-dealkylation sites (N-methyl/N-ethyl adjacent to an activating group) is 1. The van der Waals surface area contributed by atoms with Crippen LogP contribution in [-0.4, -0.2) is 59.9 Å². The van der Waals surface area contributed by atoms with Crippen LogP contribution in [0.5, 0.6) is 5.75 Å². The topological polar surface area (TPSA) is 70.1 Å². The number of carbonyl (C=O) groups excluding carboxylic acids is 2. The van der Waals surface area contributed by atoms with E-state index in [9.17, 15) is 14.7 Å². The molecule has 1 unspecified atom stereocenters. The van der Waals surface area contributed by atoms with Gasteiger partial charge in [-0.25, -0.2) is 0 Å². The van der Waals surface area contributed by atoms with Gasteiger partial charge >= 0.3 is 0 Å². The highest BCUT2D eigenvalue weighted by Gasteiger charge is 2.46. The van der Waals surface area contributed by atoms with Gasteiger partial charge < -0.3 is 19.6 Å². The fourth-order valence-corrected chi connectivity index (χ4v) is 3.84. The average molecular weight is 487 g/mol. The first kappa shape index (κ1) is 23.0. The molecule has 0 bridgehead atoms. The Hall–Kier alpha value is -2.64. The van der Waals surface area contributed by atoms with E-state index in [1.807, 2.05) is 57.1 Å². The smallest absolute Gasteiger partial charge is 0.295 e. The molecule has 0 saturated carbocycles. The number of benzene rings is 2. The minimum atomic E-state index is -0.737. The van der Waals surface area contributed by atoms with Crippen molar-refractivity contribution in [3.05, 3.63) is 69.7 Å². The number of likely N-dealkylation sites (tertiary alicyclic amines) is 1. The Morgan fingerprint density at radius 2 is 1.77 bits per heavy atom. The molecular weight excluding hydrogens is 460 g/mol. The van der Waals surface area contributed by atoms with Crippen LogP contribution in [-0.2, 0) is 9.59 Å². The lowest BCUT2D eigenvalue weighted by Crippen LogP contribution is -2.35. The molecule has 1 saturated heterocycles. The molecule has 0 spiro atoms.